The summed E-state index contributed by atoms with van der Waals surface area (Å²) in [6, 6.07) is 6.92. The standard InChI is InChI=1S/C11H14N2O3/c1-15-10-5-3-9(4-6-10)12-11(14)13-7-2-8-16-13/h3-6H,2,7-8H2,1H3,(H,12,14). The second-order valence-corrected chi connectivity index (χ2v) is 3.45. The van der Waals surface area contributed by atoms with E-state index in [1.807, 2.05) is 0 Å². The van der Waals surface area contributed by atoms with E-state index in [1.165, 1.54) is 5.06 Å². The van der Waals surface area contributed by atoms with Crippen LogP contribution in [0.5, 0.6) is 5.75 Å². The maximum atomic E-state index is 11.6. The fraction of sp³-hybridized carbons (Fsp3) is 0.364. The molecule has 1 aromatic carbocycles. The fourth-order valence-corrected chi connectivity index (χ4v) is 1.47. The Labute approximate surface area is 93.9 Å². The van der Waals surface area contributed by atoms with Gasteiger partial charge in [0.05, 0.1) is 20.3 Å². The molecule has 5 heteroatoms. The van der Waals surface area contributed by atoms with Crippen molar-refractivity contribution in [2.75, 3.05) is 25.6 Å². The highest BCUT2D eigenvalue weighted by molar-refractivity contribution is 5.88. The lowest BCUT2D eigenvalue weighted by molar-refractivity contribution is -0.0614. The van der Waals surface area contributed by atoms with Gasteiger partial charge >= 0.3 is 6.03 Å². The maximum Gasteiger partial charge on any atom is 0.345 e. The molecule has 2 amide bonds. The van der Waals surface area contributed by atoms with E-state index in [-0.39, 0.29) is 6.03 Å². The molecule has 1 fully saturated rings. The van der Waals surface area contributed by atoms with E-state index in [0.717, 1.165) is 17.9 Å². The third-order valence-electron chi connectivity index (χ3n) is 2.32. The van der Waals surface area contributed by atoms with Crippen LogP contribution in [-0.4, -0.2) is 31.4 Å². The second-order valence-electron chi connectivity index (χ2n) is 3.45. The lowest BCUT2D eigenvalue weighted by Gasteiger charge is -2.14. The van der Waals surface area contributed by atoms with Crippen molar-refractivity contribution in [3.05, 3.63) is 24.3 Å². The van der Waals surface area contributed by atoms with E-state index in [0.29, 0.717) is 13.2 Å². The number of carbonyl (C=O) groups excluding carboxylic acids is 1. The molecule has 0 spiro atoms. The number of methoxy groups -OCH3 is 1. The number of nitrogens with one attached hydrogen (secondary N) is 1. The Morgan fingerprint density at radius 1 is 1.44 bits per heavy atom. The van der Waals surface area contributed by atoms with Crippen molar-refractivity contribution in [1.82, 2.24) is 5.06 Å². The normalized spacial score (nSPS) is 14.9. The van der Waals surface area contributed by atoms with Crippen LogP contribution < -0.4 is 10.1 Å². The number of carbonyl (C=O) groups is 1. The van der Waals surface area contributed by atoms with Crippen LogP contribution in [-0.2, 0) is 4.84 Å². The monoisotopic (exact) mass is 222 g/mol. The van der Waals surface area contributed by atoms with Gasteiger partial charge in [-0.3, -0.25) is 4.84 Å². The Morgan fingerprint density at radius 2 is 2.19 bits per heavy atom. The second kappa shape index (κ2) is 4.85. The topological polar surface area (TPSA) is 50.8 Å². The molecule has 2 rings (SSSR count). The molecule has 1 aliphatic rings. The van der Waals surface area contributed by atoms with Crippen LogP contribution in [0.15, 0.2) is 24.3 Å². The van der Waals surface area contributed by atoms with Crippen molar-refractivity contribution in [3.8, 4) is 5.75 Å². The summed E-state index contributed by atoms with van der Waals surface area (Å²) < 4.78 is 5.03. The van der Waals surface area contributed by atoms with Crippen molar-refractivity contribution < 1.29 is 14.4 Å². The molecule has 5 nitrogen and oxygen atoms in total. The Bertz CT molecular complexity index is 358. The highest BCUT2D eigenvalue weighted by Gasteiger charge is 2.18. The molecule has 0 aromatic heterocycles. The first-order valence-corrected chi connectivity index (χ1v) is 5.15. The van der Waals surface area contributed by atoms with Crippen molar-refractivity contribution in [1.29, 1.82) is 0 Å². The van der Waals surface area contributed by atoms with Gasteiger partial charge in [0.25, 0.3) is 0 Å². The number of anilines is 1. The van der Waals surface area contributed by atoms with Crippen LogP contribution in [0.1, 0.15) is 6.42 Å². The van der Waals surface area contributed by atoms with Crippen molar-refractivity contribution in [2.45, 2.75) is 6.42 Å². The molecule has 1 N–H and O–H groups in total. The lowest BCUT2D eigenvalue weighted by Crippen LogP contribution is -2.31. The highest BCUT2D eigenvalue weighted by Crippen LogP contribution is 2.16. The molecule has 0 aliphatic carbocycles. The molecule has 1 heterocycles. The first-order valence-electron chi connectivity index (χ1n) is 5.15. The number of benzene rings is 1. The third-order valence-corrected chi connectivity index (χ3v) is 2.32. The van der Waals surface area contributed by atoms with Gasteiger partial charge in [-0.05, 0) is 30.7 Å². The van der Waals surface area contributed by atoms with Gasteiger partial charge in [-0.1, -0.05) is 0 Å². The van der Waals surface area contributed by atoms with Crippen molar-refractivity contribution in [2.24, 2.45) is 0 Å². The summed E-state index contributed by atoms with van der Waals surface area (Å²) in [7, 11) is 1.60. The molecule has 1 aromatic rings. The molecular weight excluding hydrogens is 208 g/mol. The van der Waals surface area contributed by atoms with Gasteiger partial charge < -0.3 is 10.1 Å². The Hall–Kier alpha value is -1.75. The van der Waals surface area contributed by atoms with Crippen LogP contribution in [0.2, 0.25) is 0 Å². The average molecular weight is 222 g/mol. The van der Waals surface area contributed by atoms with Crippen LogP contribution in [0.3, 0.4) is 0 Å². The van der Waals surface area contributed by atoms with Crippen LogP contribution in [0.25, 0.3) is 0 Å². The van der Waals surface area contributed by atoms with Crippen LogP contribution >= 0.6 is 0 Å². The summed E-state index contributed by atoms with van der Waals surface area (Å²) in [6.45, 7) is 1.25. The van der Waals surface area contributed by atoms with E-state index in [1.54, 1.807) is 31.4 Å². The molecule has 0 radical (unpaired) electrons. The third kappa shape index (κ3) is 2.43. The SMILES string of the molecule is COc1ccc(NC(=O)N2CCCO2)cc1. The summed E-state index contributed by atoms with van der Waals surface area (Å²) >= 11 is 0. The predicted octanol–water partition coefficient (Wildman–Crippen LogP) is 1.86. The Kier molecular flexibility index (Phi) is 3.26. The number of amides is 2. The number of hydrogen-bond donors (Lipinski definition) is 1. The largest absolute Gasteiger partial charge is 0.497 e. The number of ether oxygens (including phenoxy) is 1. The van der Waals surface area contributed by atoms with Gasteiger partial charge in [0.2, 0.25) is 0 Å². The number of nitrogens with zero attached hydrogens (tertiary/aromatic N) is 1. The molecule has 0 bridgehead atoms. The molecule has 1 aliphatic heterocycles. The molecule has 1 saturated heterocycles. The van der Waals surface area contributed by atoms with Gasteiger partial charge in [0.1, 0.15) is 5.75 Å². The number of urea groups is 1. The maximum absolute atomic E-state index is 11.6. The summed E-state index contributed by atoms with van der Waals surface area (Å²) in [4.78, 5) is 16.8. The molecule has 0 saturated carbocycles. The van der Waals surface area contributed by atoms with Crippen LogP contribution in [0, 0.1) is 0 Å². The van der Waals surface area contributed by atoms with Gasteiger partial charge in [0, 0.05) is 5.69 Å². The fourth-order valence-electron chi connectivity index (χ4n) is 1.47. The summed E-state index contributed by atoms with van der Waals surface area (Å²) in [5, 5.41) is 4.08. The summed E-state index contributed by atoms with van der Waals surface area (Å²) in [6.07, 6.45) is 0.885. The van der Waals surface area contributed by atoms with Gasteiger partial charge in [-0.2, -0.15) is 0 Å². The zero-order valence-electron chi connectivity index (χ0n) is 9.10. The lowest BCUT2D eigenvalue weighted by atomic mass is 10.3. The summed E-state index contributed by atoms with van der Waals surface area (Å²) in [5.74, 6) is 0.760. The van der Waals surface area contributed by atoms with Gasteiger partial charge in [-0.25, -0.2) is 9.86 Å². The molecular formula is C11H14N2O3. The average Bonchev–Trinajstić information content (AvgIpc) is 2.83. The van der Waals surface area contributed by atoms with Gasteiger partial charge in [0.15, 0.2) is 0 Å². The number of rotatable bonds is 2. The number of hydroxylamine groups is 2. The minimum atomic E-state index is -0.234. The van der Waals surface area contributed by atoms with Crippen LogP contribution in [0.4, 0.5) is 10.5 Å². The molecule has 86 valence electrons. The first kappa shape index (κ1) is 10.8. The van der Waals surface area contributed by atoms with Gasteiger partial charge in [-0.15, -0.1) is 0 Å². The zero-order chi connectivity index (χ0) is 11.4. The Morgan fingerprint density at radius 3 is 2.75 bits per heavy atom. The highest BCUT2D eigenvalue weighted by atomic mass is 16.7. The van der Waals surface area contributed by atoms with E-state index in [4.69, 9.17) is 9.57 Å². The van der Waals surface area contributed by atoms with E-state index >= 15 is 0 Å². The molecule has 0 atom stereocenters. The van der Waals surface area contributed by atoms with Crippen molar-refractivity contribution in [3.63, 3.8) is 0 Å². The first-order chi connectivity index (χ1) is 7.79. The predicted molar refractivity (Wildman–Crippen MR) is 59.3 cm³/mol. The summed E-state index contributed by atoms with van der Waals surface area (Å²) in [5.41, 5.74) is 0.723. The Balaban J connectivity index is 1.94. The zero-order valence-corrected chi connectivity index (χ0v) is 9.10. The van der Waals surface area contributed by atoms with Crippen molar-refractivity contribution >= 4 is 11.7 Å². The molecule has 0 unspecified atom stereocenters. The minimum Gasteiger partial charge on any atom is -0.497 e. The van der Waals surface area contributed by atoms with E-state index < -0.39 is 0 Å². The number of hydrogen-bond acceptors (Lipinski definition) is 3. The van der Waals surface area contributed by atoms with E-state index in [2.05, 4.69) is 5.32 Å². The minimum absolute atomic E-state index is 0.234. The van der Waals surface area contributed by atoms with E-state index in [9.17, 15) is 4.79 Å². The smallest absolute Gasteiger partial charge is 0.345 e. The quantitative estimate of drug-likeness (QED) is 0.831. The molecule has 16 heavy (non-hydrogen) atoms.